The number of rotatable bonds is 5. The zero-order valence-corrected chi connectivity index (χ0v) is 9.85. The van der Waals surface area contributed by atoms with Crippen LogP contribution >= 0.6 is 0 Å². The number of aliphatic carboxylic acids is 2. The van der Waals surface area contributed by atoms with Crippen LogP contribution in [0.25, 0.3) is 0 Å². The van der Waals surface area contributed by atoms with Crippen molar-refractivity contribution in [1.82, 2.24) is 4.98 Å². The van der Waals surface area contributed by atoms with Gasteiger partial charge in [-0.15, -0.1) is 0 Å². The van der Waals surface area contributed by atoms with E-state index in [1.807, 2.05) is 0 Å². The lowest BCUT2D eigenvalue weighted by molar-refractivity contribution is -0.154. The zero-order valence-electron chi connectivity index (χ0n) is 9.85. The average Bonchev–Trinajstić information content (AvgIpc) is 2.50. The van der Waals surface area contributed by atoms with Crippen molar-refractivity contribution in [1.29, 1.82) is 0 Å². The van der Waals surface area contributed by atoms with Gasteiger partial charge in [-0.25, -0.2) is 4.79 Å². The Balaban J connectivity index is 3.15. The van der Waals surface area contributed by atoms with Crippen molar-refractivity contribution in [2.24, 2.45) is 5.92 Å². The van der Waals surface area contributed by atoms with Crippen molar-refractivity contribution in [3.8, 4) is 0 Å². The minimum absolute atomic E-state index is 0.0444. The number of hydrogen-bond donors (Lipinski definition) is 4. The van der Waals surface area contributed by atoms with Crippen molar-refractivity contribution < 1.29 is 29.7 Å². The maximum Gasteiger partial charge on any atom is 0.352 e. The molecular formula is C11H13NO6. The molecule has 0 saturated heterocycles. The quantitative estimate of drug-likeness (QED) is 0.572. The maximum absolute atomic E-state index is 10.9. The molecule has 0 aromatic carbocycles. The Morgan fingerprint density at radius 2 is 1.61 bits per heavy atom. The number of aryl methyl sites for hydroxylation is 1. The molecule has 0 aliphatic heterocycles. The number of nitrogens with one attached hydrogen (secondary N) is 1. The molecule has 7 heteroatoms. The van der Waals surface area contributed by atoms with Crippen LogP contribution in [0.2, 0.25) is 0 Å². The van der Waals surface area contributed by atoms with Crippen molar-refractivity contribution in [2.75, 3.05) is 0 Å². The Hall–Kier alpha value is -2.31. The van der Waals surface area contributed by atoms with Crippen LogP contribution in [0, 0.1) is 19.8 Å². The predicted octanol–water partition coefficient (Wildman–Crippen LogP) is 0.658. The minimum Gasteiger partial charge on any atom is -0.481 e. The summed E-state index contributed by atoms with van der Waals surface area (Å²) in [4.78, 5) is 35.1. The summed E-state index contributed by atoms with van der Waals surface area (Å²) < 4.78 is 0. The molecule has 0 aliphatic carbocycles. The predicted molar refractivity (Wildman–Crippen MR) is 59.7 cm³/mol. The van der Waals surface area contributed by atoms with Gasteiger partial charge in [0.05, 0.1) is 0 Å². The maximum atomic E-state index is 10.9. The summed E-state index contributed by atoms with van der Waals surface area (Å²) >= 11 is 0. The Bertz CT molecular complexity index is 502. The van der Waals surface area contributed by atoms with Gasteiger partial charge in [-0.2, -0.15) is 0 Å². The summed E-state index contributed by atoms with van der Waals surface area (Å²) in [6, 6.07) is 0. The molecule has 0 atom stereocenters. The standard InChI is InChI=1S/C11H13NO6/c1-4-6(3-7(9(13)14)10(15)16)5(2)12-8(4)11(17)18/h7,12H,3H2,1-2H3,(H,13,14)(H,15,16)(H,17,18). The molecule has 1 rings (SSSR count). The van der Waals surface area contributed by atoms with Crippen molar-refractivity contribution >= 4 is 17.9 Å². The molecule has 0 saturated carbocycles. The van der Waals surface area contributed by atoms with E-state index in [0.29, 0.717) is 16.8 Å². The highest BCUT2D eigenvalue weighted by Gasteiger charge is 2.29. The van der Waals surface area contributed by atoms with Crippen LogP contribution in [-0.4, -0.2) is 38.2 Å². The van der Waals surface area contributed by atoms with Gasteiger partial charge in [0.15, 0.2) is 5.92 Å². The summed E-state index contributed by atoms with van der Waals surface area (Å²) in [5.41, 5.74) is 1.21. The highest BCUT2D eigenvalue weighted by atomic mass is 16.4. The molecule has 0 radical (unpaired) electrons. The lowest BCUT2D eigenvalue weighted by atomic mass is 9.96. The second-order valence-electron chi connectivity index (χ2n) is 3.97. The van der Waals surface area contributed by atoms with Gasteiger partial charge in [-0.05, 0) is 31.4 Å². The molecule has 18 heavy (non-hydrogen) atoms. The number of aromatic carboxylic acids is 1. The molecule has 7 nitrogen and oxygen atoms in total. The van der Waals surface area contributed by atoms with Gasteiger partial charge in [-0.1, -0.05) is 0 Å². The van der Waals surface area contributed by atoms with Crippen LogP contribution in [0.15, 0.2) is 0 Å². The molecule has 1 aromatic rings. The number of H-pyrrole nitrogens is 1. The molecule has 0 unspecified atom stereocenters. The molecule has 0 spiro atoms. The fourth-order valence-electron chi connectivity index (χ4n) is 1.79. The first-order chi connectivity index (χ1) is 8.25. The SMILES string of the molecule is Cc1[nH]c(C(=O)O)c(C)c1CC(C(=O)O)C(=O)O. The number of carbonyl (C=O) groups is 3. The van der Waals surface area contributed by atoms with Gasteiger partial charge in [-0.3, -0.25) is 9.59 Å². The van der Waals surface area contributed by atoms with E-state index >= 15 is 0 Å². The fraction of sp³-hybridized carbons (Fsp3) is 0.364. The Labute approximate surface area is 102 Å². The number of carboxylic acids is 3. The Morgan fingerprint density at radius 3 is 1.94 bits per heavy atom. The van der Waals surface area contributed by atoms with E-state index in [1.54, 1.807) is 6.92 Å². The Morgan fingerprint density at radius 1 is 1.11 bits per heavy atom. The zero-order chi connectivity index (χ0) is 14.0. The summed E-state index contributed by atoms with van der Waals surface area (Å²) in [6.45, 7) is 3.10. The van der Waals surface area contributed by atoms with Crippen LogP contribution in [-0.2, 0) is 16.0 Å². The average molecular weight is 255 g/mol. The number of aromatic nitrogens is 1. The smallest absolute Gasteiger partial charge is 0.352 e. The summed E-state index contributed by atoms with van der Waals surface area (Å²) in [5, 5.41) is 26.5. The van der Waals surface area contributed by atoms with Crippen LogP contribution in [0.3, 0.4) is 0 Å². The topological polar surface area (TPSA) is 128 Å². The normalized spacial score (nSPS) is 10.6. The fourth-order valence-corrected chi connectivity index (χ4v) is 1.79. The highest BCUT2D eigenvalue weighted by Crippen LogP contribution is 2.21. The number of hydrogen-bond acceptors (Lipinski definition) is 3. The third-order valence-corrected chi connectivity index (χ3v) is 2.81. The van der Waals surface area contributed by atoms with Crippen LogP contribution in [0.1, 0.15) is 27.3 Å². The minimum atomic E-state index is -1.58. The van der Waals surface area contributed by atoms with Crippen molar-refractivity contribution in [3.63, 3.8) is 0 Å². The van der Waals surface area contributed by atoms with E-state index in [2.05, 4.69) is 4.98 Å². The lowest BCUT2D eigenvalue weighted by Crippen LogP contribution is -2.25. The van der Waals surface area contributed by atoms with E-state index in [-0.39, 0.29) is 12.1 Å². The third-order valence-electron chi connectivity index (χ3n) is 2.81. The molecular weight excluding hydrogens is 242 g/mol. The molecule has 1 aromatic heterocycles. The van der Waals surface area contributed by atoms with Gasteiger partial charge >= 0.3 is 17.9 Å². The second kappa shape index (κ2) is 4.91. The third kappa shape index (κ3) is 2.50. The monoisotopic (exact) mass is 255 g/mol. The summed E-state index contributed by atoms with van der Waals surface area (Å²) in [7, 11) is 0. The molecule has 0 aliphatic rings. The van der Waals surface area contributed by atoms with Crippen LogP contribution < -0.4 is 0 Å². The molecule has 0 amide bonds. The molecule has 0 bridgehead atoms. The van der Waals surface area contributed by atoms with Gasteiger partial charge in [0.25, 0.3) is 0 Å². The molecule has 4 N–H and O–H groups in total. The Kier molecular flexibility index (Phi) is 3.75. The van der Waals surface area contributed by atoms with Crippen molar-refractivity contribution in [3.05, 3.63) is 22.5 Å². The van der Waals surface area contributed by atoms with Gasteiger partial charge in [0, 0.05) is 5.69 Å². The second-order valence-corrected chi connectivity index (χ2v) is 3.97. The van der Waals surface area contributed by atoms with Crippen LogP contribution in [0.4, 0.5) is 0 Å². The van der Waals surface area contributed by atoms with E-state index in [1.165, 1.54) is 6.92 Å². The molecule has 98 valence electrons. The highest BCUT2D eigenvalue weighted by molar-refractivity contribution is 5.93. The summed E-state index contributed by atoms with van der Waals surface area (Å²) in [6.07, 6.45) is -0.244. The first-order valence-electron chi connectivity index (χ1n) is 5.12. The molecule has 0 fully saturated rings. The van der Waals surface area contributed by atoms with Crippen LogP contribution in [0.5, 0.6) is 0 Å². The van der Waals surface area contributed by atoms with Gasteiger partial charge in [0.1, 0.15) is 5.69 Å². The lowest BCUT2D eigenvalue weighted by Gasteiger charge is -2.08. The van der Waals surface area contributed by atoms with E-state index < -0.39 is 23.8 Å². The molecule has 1 heterocycles. The number of carboxylic acid groups (broad SMARTS) is 3. The van der Waals surface area contributed by atoms with Gasteiger partial charge < -0.3 is 20.3 Å². The van der Waals surface area contributed by atoms with E-state index in [4.69, 9.17) is 15.3 Å². The first kappa shape index (κ1) is 13.8. The van der Waals surface area contributed by atoms with Crippen molar-refractivity contribution in [2.45, 2.75) is 20.3 Å². The van der Waals surface area contributed by atoms with E-state index in [0.717, 1.165) is 0 Å². The first-order valence-corrected chi connectivity index (χ1v) is 5.12. The summed E-state index contributed by atoms with van der Waals surface area (Å²) in [5.74, 6) is -5.64. The van der Waals surface area contributed by atoms with E-state index in [9.17, 15) is 14.4 Å². The van der Waals surface area contributed by atoms with Gasteiger partial charge in [0.2, 0.25) is 0 Å². The largest absolute Gasteiger partial charge is 0.481 e. The number of aromatic amines is 1.